The summed E-state index contributed by atoms with van der Waals surface area (Å²) in [6.07, 6.45) is 14.3. The van der Waals surface area contributed by atoms with Crippen LogP contribution in [0.1, 0.15) is 71.1 Å². The summed E-state index contributed by atoms with van der Waals surface area (Å²) in [4.78, 5) is 2.64. The average Bonchev–Trinajstić information content (AvgIpc) is 2.58. The molecule has 1 rings (SSSR count). The Hall–Kier alpha value is -0.160. The van der Waals surface area contributed by atoms with E-state index in [4.69, 9.17) is 0 Å². The van der Waals surface area contributed by atoms with Gasteiger partial charge in [0.15, 0.2) is 0 Å². The molecule has 4 nitrogen and oxygen atoms in total. The molecule has 0 radical (unpaired) electrons. The van der Waals surface area contributed by atoms with Crippen LogP contribution in [0, 0.1) is 0 Å². The van der Waals surface area contributed by atoms with Crippen molar-refractivity contribution in [1.82, 2.24) is 20.9 Å². The Morgan fingerprint density at radius 1 is 0.542 bits per heavy atom. The number of nitrogens with one attached hydrogen (secondary N) is 3. The van der Waals surface area contributed by atoms with Crippen molar-refractivity contribution in [2.24, 2.45) is 0 Å². The van der Waals surface area contributed by atoms with Gasteiger partial charge in [-0.25, -0.2) is 0 Å². The molecule has 1 aliphatic rings. The van der Waals surface area contributed by atoms with E-state index >= 15 is 0 Å². The van der Waals surface area contributed by atoms with E-state index in [1.165, 1.54) is 83.8 Å². The van der Waals surface area contributed by atoms with E-state index < -0.39 is 0 Å². The fourth-order valence-corrected chi connectivity index (χ4v) is 3.36. The van der Waals surface area contributed by atoms with Gasteiger partial charge < -0.3 is 20.9 Å². The number of hydrogen-bond donors (Lipinski definition) is 3. The van der Waals surface area contributed by atoms with Crippen LogP contribution in [-0.2, 0) is 0 Å². The second kappa shape index (κ2) is 17.7. The molecule has 0 amide bonds. The summed E-state index contributed by atoms with van der Waals surface area (Å²) in [6.45, 7) is 12.6. The highest BCUT2D eigenvalue weighted by Crippen LogP contribution is 2.10. The molecular formula is C20H44N4. The fraction of sp³-hybridized carbons (Fsp3) is 1.00. The zero-order chi connectivity index (χ0) is 17.1. The maximum atomic E-state index is 3.55. The fourth-order valence-electron chi connectivity index (χ4n) is 3.36. The largest absolute Gasteiger partial charge is 0.314 e. The highest BCUT2D eigenvalue weighted by molar-refractivity contribution is 4.65. The molecule has 1 saturated heterocycles. The molecule has 0 atom stereocenters. The van der Waals surface area contributed by atoms with Crippen LogP contribution >= 0.6 is 0 Å². The Labute approximate surface area is 151 Å². The monoisotopic (exact) mass is 340 g/mol. The van der Waals surface area contributed by atoms with Gasteiger partial charge >= 0.3 is 0 Å². The first-order valence-electron chi connectivity index (χ1n) is 10.8. The van der Waals surface area contributed by atoms with Crippen LogP contribution in [0.15, 0.2) is 0 Å². The standard InChI is InChI=1S/C20H44N4/c1-2-3-4-5-6-7-8-9-10-11-18-24-19-16-22-14-12-21-13-15-23-17-20-24/h21-23H,2-20H2,1H3. The zero-order valence-electron chi connectivity index (χ0n) is 16.4. The summed E-state index contributed by atoms with van der Waals surface area (Å²) < 4.78 is 0. The molecule has 0 spiro atoms. The van der Waals surface area contributed by atoms with Gasteiger partial charge in [-0.3, -0.25) is 0 Å². The van der Waals surface area contributed by atoms with Gasteiger partial charge in [-0.2, -0.15) is 0 Å². The Balaban J connectivity index is 1.96. The number of unbranched alkanes of at least 4 members (excludes halogenated alkanes) is 9. The minimum atomic E-state index is 1.08. The first kappa shape index (κ1) is 21.9. The SMILES string of the molecule is CCCCCCCCCCCCN1CCNCCNCCNCC1. The van der Waals surface area contributed by atoms with Gasteiger partial charge in [0.1, 0.15) is 0 Å². The summed E-state index contributed by atoms with van der Waals surface area (Å²) in [5.74, 6) is 0. The predicted molar refractivity (Wildman–Crippen MR) is 107 cm³/mol. The lowest BCUT2D eigenvalue weighted by atomic mass is 10.1. The minimum absolute atomic E-state index is 1.08. The van der Waals surface area contributed by atoms with Gasteiger partial charge in [0, 0.05) is 52.4 Å². The van der Waals surface area contributed by atoms with Crippen molar-refractivity contribution in [1.29, 1.82) is 0 Å². The van der Waals surface area contributed by atoms with Gasteiger partial charge in [-0.1, -0.05) is 64.7 Å². The van der Waals surface area contributed by atoms with Crippen LogP contribution in [0.2, 0.25) is 0 Å². The summed E-state index contributed by atoms with van der Waals surface area (Å²) in [6, 6.07) is 0. The van der Waals surface area contributed by atoms with Crippen molar-refractivity contribution < 1.29 is 0 Å². The van der Waals surface area contributed by atoms with Crippen LogP contribution in [0.3, 0.4) is 0 Å². The van der Waals surface area contributed by atoms with E-state index in [1.807, 2.05) is 0 Å². The van der Waals surface area contributed by atoms with Crippen molar-refractivity contribution in [3.05, 3.63) is 0 Å². The first-order chi connectivity index (χ1) is 11.9. The van der Waals surface area contributed by atoms with Crippen LogP contribution in [-0.4, -0.2) is 63.8 Å². The highest BCUT2D eigenvalue weighted by Gasteiger charge is 2.05. The molecule has 0 saturated carbocycles. The lowest BCUT2D eigenvalue weighted by molar-refractivity contribution is 0.264. The molecule has 0 aliphatic carbocycles. The second-order valence-corrected chi connectivity index (χ2v) is 7.27. The maximum absolute atomic E-state index is 3.55. The Morgan fingerprint density at radius 3 is 1.46 bits per heavy atom. The van der Waals surface area contributed by atoms with E-state index in [2.05, 4.69) is 27.8 Å². The van der Waals surface area contributed by atoms with Crippen molar-refractivity contribution in [2.75, 3.05) is 58.9 Å². The van der Waals surface area contributed by atoms with Crippen molar-refractivity contribution in [3.63, 3.8) is 0 Å². The molecule has 0 aromatic rings. The van der Waals surface area contributed by atoms with Gasteiger partial charge in [-0.05, 0) is 13.0 Å². The maximum Gasteiger partial charge on any atom is 0.0107 e. The van der Waals surface area contributed by atoms with Crippen molar-refractivity contribution in [2.45, 2.75) is 71.1 Å². The summed E-state index contributed by atoms with van der Waals surface area (Å²) >= 11 is 0. The average molecular weight is 341 g/mol. The quantitative estimate of drug-likeness (QED) is 0.506. The van der Waals surface area contributed by atoms with E-state index in [0.29, 0.717) is 0 Å². The normalized spacial score (nSPS) is 18.9. The molecular weight excluding hydrogens is 296 g/mol. The third kappa shape index (κ3) is 14.2. The molecule has 4 heteroatoms. The van der Waals surface area contributed by atoms with Gasteiger partial charge in [0.25, 0.3) is 0 Å². The number of rotatable bonds is 11. The van der Waals surface area contributed by atoms with Crippen molar-refractivity contribution >= 4 is 0 Å². The Kier molecular flexibility index (Phi) is 16.1. The summed E-state index contributed by atoms with van der Waals surface area (Å²) in [5.41, 5.74) is 0. The molecule has 1 fully saturated rings. The molecule has 0 aromatic carbocycles. The summed E-state index contributed by atoms with van der Waals surface area (Å²) in [5, 5.41) is 10.5. The Morgan fingerprint density at radius 2 is 0.958 bits per heavy atom. The smallest absolute Gasteiger partial charge is 0.0107 e. The molecule has 3 N–H and O–H groups in total. The van der Waals surface area contributed by atoms with Crippen LogP contribution in [0.5, 0.6) is 0 Å². The van der Waals surface area contributed by atoms with Gasteiger partial charge in [-0.15, -0.1) is 0 Å². The third-order valence-corrected chi connectivity index (χ3v) is 4.99. The lowest BCUT2D eigenvalue weighted by Crippen LogP contribution is -2.42. The molecule has 24 heavy (non-hydrogen) atoms. The third-order valence-electron chi connectivity index (χ3n) is 4.99. The van der Waals surface area contributed by atoms with Gasteiger partial charge in [0.05, 0.1) is 0 Å². The number of hydrogen-bond acceptors (Lipinski definition) is 4. The minimum Gasteiger partial charge on any atom is -0.314 e. The second-order valence-electron chi connectivity index (χ2n) is 7.27. The molecule has 0 bridgehead atoms. The van der Waals surface area contributed by atoms with E-state index in [9.17, 15) is 0 Å². The topological polar surface area (TPSA) is 39.3 Å². The highest BCUT2D eigenvalue weighted by atomic mass is 15.2. The molecule has 1 aliphatic heterocycles. The molecule has 144 valence electrons. The van der Waals surface area contributed by atoms with E-state index in [0.717, 1.165) is 39.3 Å². The first-order valence-corrected chi connectivity index (χ1v) is 10.8. The van der Waals surface area contributed by atoms with E-state index in [-0.39, 0.29) is 0 Å². The summed E-state index contributed by atoms with van der Waals surface area (Å²) in [7, 11) is 0. The molecule has 1 heterocycles. The predicted octanol–water partition coefficient (Wildman–Crippen LogP) is 2.99. The molecule has 0 unspecified atom stereocenters. The van der Waals surface area contributed by atoms with Crippen molar-refractivity contribution in [3.8, 4) is 0 Å². The Bertz CT molecular complexity index is 236. The van der Waals surface area contributed by atoms with E-state index in [1.54, 1.807) is 0 Å². The lowest BCUT2D eigenvalue weighted by Gasteiger charge is -2.23. The van der Waals surface area contributed by atoms with Crippen LogP contribution < -0.4 is 16.0 Å². The van der Waals surface area contributed by atoms with Crippen LogP contribution in [0.4, 0.5) is 0 Å². The zero-order valence-corrected chi connectivity index (χ0v) is 16.4. The number of nitrogens with zero attached hydrogens (tertiary/aromatic N) is 1. The van der Waals surface area contributed by atoms with Gasteiger partial charge in [0.2, 0.25) is 0 Å². The molecule has 0 aromatic heterocycles. The van der Waals surface area contributed by atoms with Crippen LogP contribution in [0.25, 0.3) is 0 Å².